The van der Waals surface area contributed by atoms with Crippen LogP contribution in [-0.4, -0.2) is 37.7 Å². The van der Waals surface area contributed by atoms with E-state index in [4.69, 9.17) is 4.74 Å². The number of carbonyl (C=O) groups excluding carboxylic acids is 2. The standard InChI is InChI=1S/C18H25F3O4/c19-9-14(17(20)21)25-16(23)2-1-15(22)24-10-18-6-11-3-12(7-18)5-13(4-11)8-18/h11-14,17H,1-10H2. The van der Waals surface area contributed by atoms with Crippen molar-refractivity contribution in [1.82, 2.24) is 0 Å². The van der Waals surface area contributed by atoms with Crippen molar-refractivity contribution in [2.75, 3.05) is 13.3 Å². The van der Waals surface area contributed by atoms with E-state index in [-0.39, 0.29) is 18.3 Å². The van der Waals surface area contributed by atoms with Gasteiger partial charge in [-0.05, 0) is 56.3 Å². The van der Waals surface area contributed by atoms with Crippen LogP contribution in [0.25, 0.3) is 0 Å². The maximum absolute atomic E-state index is 12.3. The molecule has 4 saturated carbocycles. The molecule has 25 heavy (non-hydrogen) atoms. The third-order valence-corrected chi connectivity index (χ3v) is 5.95. The molecule has 4 rings (SSSR count). The van der Waals surface area contributed by atoms with E-state index < -0.39 is 31.1 Å². The van der Waals surface area contributed by atoms with Crippen LogP contribution in [0.3, 0.4) is 0 Å². The molecule has 0 aromatic rings. The predicted molar refractivity (Wildman–Crippen MR) is 82.7 cm³/mol. The summed E-state index contributed by atoms with van der Waals surface area (Å²) in [4.78, 5) is 23.3. The van der Waals surface area contributed by atoms with Crippen molar-refractivity contribution in [2.24, 2.45) is 23.2 Å². The molecule has 142 valence electrons. The minimum absolute atomic E-state index is 0.0971. The summed E-state index contributed by atoms with van der Waals surface area (Å²) in [6, 6.07) is 0. The SMILES string of the molecule is O=C(CCC(=O)OC(CF)C(F)F)OCC12CC3CC(CC(C3)C1)C2. The Morgan fingerprint density at radius 2 is 1.48 bits per heavy atom. The van der Waals surface area contributed by atoms with Gasteiger partial charge in [0, 0.05) is 5.41 Å². The molecule has 4 bridgehead atoms. The van der Waals surface area contributed by atoms with E-state index in [1.807, 2.05) is 0 Å². The lowest BCUT2D eigenvalue weighted by Crippen LogP contribution is -2.48. The fraction of sp³-hybridized carbons (Fsp3) is 0.889. The molecule has 0 saturated heterocycles. The lowest BCUT2D eigenvalue weighted by Gasteiger charge is -2.56. The van der Waals surface area contributed by atoms with Crippen molar-refractivity contribution >= 4 is 11.9 Å². The Morgan fingerprint density at radius 3 is 1.96 bits per heavy atom. The molecule has 0 aromatic heterocycles. The van der Waals surface area contributed by atoms with E-state index in [9.17, 15) is 22.8 Å². The molecule has 0 radical (unpaired) electrons. The van der Waals surface area contributed by atoms with E-state index >= 15 is 0 Å². The van der Waals surface area contributed by atoms with Gasteiger partial charge in [0.25, 0.3) is 6.43 Å². The average Bonchev–Trinajstić information content (AvgIpc) is 2.54. The Bertz CT molecular complexity index is 473. The average molecular weight is 362 g/mol. The summed E-state index contributed by atoms with van der Waals surface area (Å²) in [5.41, 5.74) is 0.0971. The molecule has 0 heterocycles. The van der Waals surface area contributed by atoms with Gasteiger partial charge >= 0.3 is 11.9 Å². The van der Waals surface area contributed by atoms with Crippen LogP contribution in [0, 0.1) is 23.2 Å². The van der Waals surface area contributed by atoms with Crippen LogP contribution in [-0.2, 0) is 19.1 Å². The van der Waals surface area contributed by atoms with E-state index in [0.717, 1.165) is 37.0 Å². The minimum atomic E-state index is -3.07. The summed E-state index contributed by atoms with van der Waals surface area (Å²) < 4.78 is 46.7. The van der Waals surface area contributed by atoms with E-state index in [0.29, 0.717) is 6.61 Å². The first kappa shape index (κ1) is 18.5. The van der Waals surface area contributed by atoms with Crippen LogP contribution >= 0.6 is 0 Å². The number of hydrogen-bond donors (Lipinski definition) is 0. The van der Waals surface area contributed by atoms with Crippen LogP contribution in [0.2, 0.25) is 0 Å². The molecule has 4 nitrogen and oxygen atoms in total. The van der Waals surface area contributed by atoms with Crippen LogP contribution in [0.15, 0.2) is 0 Å². The molecule has 0 aromatic carbocycles. The largest absolute Gasteiger partial charge is 0.465 e. The van der Waals surface area contributed by atoms with Gasteiger partial charge in [-0.2, -0.15) is 0 Å². The van der Waals surface area contributed by atoms with Crippen LogP contribution in [0.1, 0.15) is 51.4 Å². The van der Waals surface area contributed by atoms with Gasteiger partial charge in [0.05, 0.1) is 19.4 Å². The Kier molecular flexibility index (Phi) is 5.58. The quantitative estimate of drug-likeness (QED) is 0.618. The Labute approximate surface area is 145 Å². The van der Waals surface area contributed by atoms with Gasteiger partial charge in [-0.1, -0.05) is 0 Å². The third kappa shape index (κ3) is 4.47. The lowest BCUT2D eigenvalue weighted by atomic mass is 9.50. The summed E-state index contributed by atoms with van der Waals surface area (Å²) >= 11 is 0. The molecule has 7 heteroatoms. The molecule has 4 fully saturated rings. The van der Waals surface area contributed by atoms with E-state index in [1.54, 1.807) is 0 Å². The zero-order valence-corrected chi connectivity index (χ0v) is 14.2. The second-order valence-corrected chi connectivity index (χ2v) is 8.10. The lowest BCUT2D eigenvalue weighted by molar-refractivity contribution is -0.163. The zero-order chi connectivity index (χ0) is 18.0. The summed E-state index contributed by atoms with van der Waals surface area (Å²) in [6.45, 7) is -1.06. The topological polar surface area (TPSA) is 52.6 Å². The van der Waals surface area contributed by atoms with Crippen molar-refractivity contribution in [1.29, 1.82) is 0 Å². The molecule has 1 atom stereocenters. The fourth-order valence-electron chi connectivity index (χ4n) is 5.35. The number of carbonyl (C=O) groups is 2. The molecule has 4 aliphatic rings. The van der Waals surface area contributed by atoms with Gasteiger partial charge < -0.3 is 9.47 Å². The number of rotatable bonds is 8. The second kappa shape index (κ2) is 7.54. The normalized spacial score (nSPS) is 34.2. The van der Waals surface area contributed by atoms with Gasteiger partial charge in [-0.3, -0.25) is 9.59 Å². The molecule has 0 spiro atoms. The first-order valence-electron chi connectivity index (χ1n) is 9.08. The highest BCUT2D eigenvalue weighted by atomic mass is 19.3. The van der Waals surface area contributed by atoms with Crippen molar-refractivity contribution < 1.29 is 32.2 Å². The third-order valence-electron chi connectivity index (χ3n) is 5.95. The Morgan fingerprint density at radius 1 is 0.960 bits per heavy atom. The van der Waals surface area contributed by atoms with E-state index in [1.165, 1.54) is 19.3 Å². The van der Waals surface area contributed by atoms with Crippen molar-refractivity contribution in [3.05, 3.63) is 0 Å². The van der Waals surface area contributed by atoms with Gasteiger partial charge in [0.1, 0.15) is 6.67 Å². The predicted octanol–water partition coefficient (Wildman–Crippen LogP) is 3.67. The van der Waals surface area contributed by atoms with Crippen molar-refractivity contribution in [3.8, 4) is 0 Å². The van der Waals surface area contributed by atoms with Gasteiger partial charge in [-0.25, -0.2) is 13.2 Å². The highest BCUT2D eigenvalue weighted by Gasteiger charge is 2.51. The molecule has 0 N–H and O–H groups in total. The van der Waals surface area contributed by atoms with Gasteiger partial charge in [0.15, 0.2) is 6.10 Å². The van der Waals surface area contributed by atoms with Gasteiger partial charge in [0.2, 0.25) is 0 Å². The summed E-state index contributed by atoms with van der Waals surface area (Å²) in [5.74, 6) is 0.738. The highest BCUT2D eigenvalue weighted by Crippen LogP contribution is 2.60. The number of ether oxygens (including phenoxy) is 2. The molecule has 4 aliphatic carbocycles. The number of alkyl halides is 3. The Hall–Kier alpha value is -1.27. The van der Waals surface area contributed by atoms with Crippen LogP contribution in [0.4, 0.5) is 13.2 Å². The fourth-order valence-corrected chi connectivity index (χ4v) is 5.35. The zero-order valence-electron chi connectivity index (χ0n) is 14.2. The number of hydrogen-bond acceptors (Lipinski definition) is 4. The maximum Gasteiger partial charge on any atom is 0.306 e. The smallest absolute Gasteiger partial charge is 0.306 e. The minimum Gasteiger partial charge on any atom is -0.465 e. The maximum atomic E-state index is 12.3. The second-order valence-electron chi connectivity index (χ2n) is 8.10. The molecule has 0 amide bonds. The van der Waals surface area contributed by atoms with Crippen LogP contribution in [0.5, 0.6) is 0 Å². The van der Waals surface area contributed by atoms with Crippen molar-refractivity contribution in [2.45, 2.75) is 63.9 Å². The van der Waals surface area contributed by atoms with E-state index in [2.05, 4.69) is 4.74 Å². The molecule has 0 aliphatic heterocycles. The first-order chi connectivity index (χ1) is 11.9. The monoisotopic (exact) mass is 362 g/mol. The first-order valence-corrected chi connectivity index (χ1v) is 9.08. The highest BCUT2D eigenvalue weighted by molar-refractivity contribution is 5.77. The van der Waals surface area contributed by atoms with Crippen LogP contribution < -0.4 is 0 Å². The number of esters is 2. The Balaban J connectivity index is 1.39. The summed E-state index contributed by atoms with van der Waals surface area (Å²) in [5, 5.41) is 0. The van der Waals surface area contributed by atoms with Crippen molar-refractivity contribution in [3.63, 3.8) is 0 Å². The molecular weight excluding hydrogens is 337 g/mol. The summed E-state index contributed by atoms with van der Waals surface area (Å²) in [6.07, 6.45) is 1.52. The summed E-state index contributed by atoms with van der Waals surface area (Å²) in [7, 11) is 0. The number of halogens is 3. The van der Waals surface area contributed by atoms with Gasteiger partial charge in [-0.15, -0.1) is 0 Å². The molecular formula is C18H25F3O4. The molecule has 1 unspecified atom stereocenters.